The molecular weight excluding hydrogens is 268 g/mol. The summed E-state index contributed by atoms with van der Waals surface area (Å²) in [6, 6.07) is 7.15. The van der Waals surface area contributed by atoms with E-state index < -0.39 is 0 Å². The van der Waals surface area contributed by atoms with E-state index >= 15 is 0 Å². The van der Waals surface area contributed by atoms with Gasteiger partial charge in [-0.1, -0.05) is 6.07 Å². The molecule has 1 aromatic heterocycles. The summed E-state index contributed by atoms with van der Waals surface area (Å²) < 4.78 is 5.16. The number of fused-ring (bicyclic) bond motifs is 1. The molecule has 0 spiro atoms. The third kappa shape index (κ3) is 2.52. The average molecular weight is 284 g/mol. The predicted octanol–water partition coefficient (Wildman–Crippen LogP) is 1.27. The quantitative estimate of drug-likeness (QED) is 0.898. The molecule has 0 aliphatic carbocycles. The van der Waals surface area contributed by atoms with E-state index in [9.17, 15) is 4.79 Å². The van der Waals surface area contributed by atoms with Crippen molar-refractivity contribution < 1.29 is 9.53 Å². The van der Waals surface area contributed by atoms with Crippen LogP contribution in [-0.4, -0.2) is 34.4 Å². The van der Waals surface area contributed by atoms with Gasteiger partial charge in [0.2, 0.25) is 0 Å². The van der Waals surface area contributed by atoms with Crippen molar-refractivity contribution in [3.05, 3.63) is 47.4 Å². The number of hydrogen-bond donors (Lipinski definition) is 1. The zero-order chi connectivity index (χ0) is 14.8. The number of benzene rings is 1. The summed E-state index contributed by atoms with van der Waals surface area (Å²) >= 11 is 0. The average Bonchev–Trinajstić information content (AvgIpc) is 2.54. The molecule has 1 aliphatic rings. The van der Waals surface area contributed by atoms with Gasteiger partial charge in [-0.05, 0) is 24.6 Å². The molecule has 2 aromatic rings. The first-order chi connectivity index (χ1) is 10.2. The highest BCUT2D eigenvalue weighted by atomic mass is 16.5. The molecule has 6 nitrogen and oxygen atoms in total. The maximum atomic E-state index is 12.6. The molecule has 0 atom stereocenters. The Kier molecular flexibility index (Phi) is 3.43. The number of ether oxygens (including phenoxy) is 1. The molecule has 2 N–H and O–H groups in total. The van der Waals surface area contributed by atoms with Gasteiger partial charge in [-0.3, -0.25) is 4.79 Å². The molecule has 1 aliphatic heterocycles. The van der Waals surface area contributed by atoms with Crippen molar-refractivity contribution in [3.63, 3.8) is 0 Å². The van der Waals surface area contributed by atoms with Gasteiger partial charge in [-0.15, -0.1) is 0 Å². The summed E-state index contributed by atoms with van der Waals surface area (Å²) in [6.45, 7) is 1.07. The lowest BCUT2D eigenvalue weighted by Gasteiger charge is -2.28. The van der Waals surface area contributed by atoms with Crippen LogP contribution in [0.2, 0.25) is 0 Å². The van der Waals surface area contributed by atoms with Crippen molar-refractivity contribution in [2.24, 2.45) is 0 Å². The van der Waals surface area contributed by atoms with Gasteiger partial charge in [0.05, 0.1) is 19.3 Å². The smallest absolute Gasteiger partial charge is 0.254 e. The number of hydrogen-bond acceptors (Lipinski definition) is 5. The summed E-state index contributed by atoms with van der Waals surface area (Å²) in [6.07, 6.45) is 2.12. The van der Waals surface area contributed by atoms with Gasteiger partial charge in [0.1, 0.15) is 17.9 Å². The predicted molar refractivity (Wildman–Crippen MR) is 77.9 cm³/mol. The molecule has 0 saturated heterocycles. The maximum absolute atomic E-state index is 12.6. The van der Waals surface area contributed by atoms with Crippen molar-refractivity contribution in [2.75, 3.05) is 19.4 Å². The van der Waals surface area contributed by atoms with Gasteiger partial charge in [-0.25, -0.2) is 9.97 Å². The second-order valence-electron chi connectivity index (χ2n) is 4.89. The van der Waals surface area contributed by atoms with Crippen molar-refractivity contribution in [1.82, 2.24) is 14.9 Å². The number of aromatic nitrogens is 2. The Balaban J connectivity index is 1.84. The molecule has 108 valence electrons. The SMILES string of the molecule is COc1cccc(C(=O)N2CCc3c(N)ncnc3C2)c1. The van der Waals surface area contributed by atoms with Crippen molar-refractivity contribution in [1.29, 1.82) is 0 Å². The fourth-order valence-electron chi connectivity index (χ4n) is 2.49. The van der Waals surface area contributed by atoms with E-state index in [4.69, 9.17) is 10.5 Å². The molecule has 1 aromatic carbocycles. The highest BCUT2D eigenvalue weighted by molar-refractivity contribution is 5.94. The van der Waals surface area contributed by atoms with Gasteiger partial charge in [0.25, 0.3) is 5.91 Å². The molecule has 6 heteroatoms. The Hall–Kier alpha value is -2.63. The number of carbonyl (C=O) groups excluding carboxylic acids is 1. The van der Waals surface area contributed by atoms with Crippen LogP contribution in [0, 0.1) is 0 Å². The largest absolute Gasteiger partial charge is 0.497 e. The number of nitrogens with zero attached hydrogens (tertiary/aromatic N) is 3. The summed E-state index contributed by atoms with van der Waals surface area (Å²) in [5.74, 6) is 1.15. The lowest BCUT2D eigenvalue weighted by atomic mass is 10.0. The summed E-state index contributed by atoms with van der Waals surface area (Å²) in [5, 5.41) is 0. The molecular formula is C15H16N4O2. The molecule has 2 heterocycles. The minimum absolute atomic E-state index is 0.0308. The van der Waals surface area contributed by atoms with Crippen LogP contribution in [-0.2, 0) is 13.0 Å². The van der Waals surface area contributed by atoms with E-state index in [1.54, 1.807) is 24.1 Å². The number of methoxy groups -OCH3 is 1. The van der Waals surface area contributed by atoms with Gasteiger partial charge in [0.15, 0.2) is 0 Å². The van der Waals surface area contributed by atoms with Crippen LogP contribution >= 0.6 is 0 Å². The topological polar surface area (TPSA) is 81.3 Å². The van der Waals surface area contributed by atoms with E-state index in [1.807, 2.05) is 12.1 Å². The van der Waals surface area contributed by atoms with Gasteiger partial charge in [0, 0.05) is 17.7 Å². The highest BCUT2D eigenvalue weighted by Gasteiger charge is 2.24. The molecule has 1 amide bonds. The van der Waals surface area contributed by atoms with Gasteiger partial charge < -0.3 is 15.4 Å². The second kappa shape index (κ2) is 5.40. The Labute approximate surface area is 122 Å². The highest BCUT2D eigenvalue weighted by Crippen LogP contribution is 2.22. The van der Waals surface area contributed by atoms with Crippen LogP contribution < -0.4 is 10.5 Å². The van der Waals surface area contributed by atoms with E-state index in [0.717, 1.165) is 11.3 Å². The molecule has 0 radical (unpaired) electrons. The first kappa shape index (κ1) is 13.4. The molecule has 0 unspecified atom stereocenters. The summed E-state index contributed by atoms with van der Waals surface area (Å²) in [4.78, 5) is 22.5. The van der Waals surface area contributed by atoms with Crippen LogP contribution in [0.25, 0.3) is 0 Å². The molecule has 3 rings (SSSR count). The van der Waals surface area contributed by atoms with Crippen molar-refractivity contribution in [3.8, 4) is 5.75 Å². The van der Waals surface area contributed by atoms with Crippen LogP contribution in [0.15, 0.2) is 30.6 Å². The zero-order valence-electron chi connectivity index (χ0n) is 11.7. The third-order valence-electron chi connectivity index (χ3n) is 3.64. The molecule has 0 fully saturated rings. The van der Waals surface area contributed by atoms with Crippen LogP contribution in [0.3, 0.4) is 0 Å². The Bertz CT molecular complexity index is 687. The standard InChI is InChI=1S/C15H16N4O2/c1-21-11-4-2-3-10(7-11)15(20)19-6-5-12-13(8-19)17-9-18-14(12)16/h2-4,7,9H,5-6,8H2,1H3,(H2,16,17,18). The second-order valence-corrected chi connectivity index (χ2v) is 4.89. The summed E-state index contributed by atoms with van der Waals surface area (Å²) in [5.41, 5.74) is 8.23. The fraction of sp³-hybridized carbons (Fsp3) is 0.267. The first-order valence-corrected chi connectivity index (χ1v) is 6.70. The van der Waals surface area contributed by atoms with Crippen LogP contribution in [0.4, 0.5) is 5.82 Å². The van der Waals surface area contributed by atoms with Crippen LogP contribution in [0.1, 0.15) is 21.6 Å². The number of nitrogens with two attached hydrogens (primary N) is 1. The normalized spacial score (nSPS) is 13.7. The van der Waals surface area contributed by atoms with Crippen molar-refractivity contribution in [2.45, 2.75) is 13.0 Å². The summed E-state index contributed by atoms with van der Waals surface area (Å²) in [7, 11) is 1.58. The van der Waals surface area contributed by atoms with E-state index in [0.29, 0.717) is 36.6 Å². The number of anilines is 1. The number of rotatable bonds is 2. The maximum Gasteiger partial charge on any atom is 0.254 e. The zero-order valence-corrected chi connectivity index (χ0v) is 11.7. The Morgan fingerprint density at radius 3 is 3.05 bits per heavy atom. The molecule has 21 heavy (non-hydrogen) atoms. The van der Waals surface area contributed by atoms with E-state index in [-0.39, 0.29) is 5.91 Å². The molecule has 0 saturated carbocycles. The monoisotopic (exact) mass is 284 g/mol. The minimum Gasteiger partial charge on any atom is -0.497 e. The van der Waals surface area contributed by atoms with Crippen molar-refractivity contribution >= 4 is 11.7 Å². The lowest BCUT2D eigenvalue weighted by Crippen LogP contribution is -2.36. The van der Waals surface area contributed by atoms with Gasteiger partial charge in [-0.2, -0.15) is 0 Å². The Morgan fingerprint density at radius 2 is 2.24 bits per heavy atom. The van der Waals surface area contributed by atoms with E-state index in [1.165, 1.54) is 6.33 Å². The lowest BCUT2D eigenvalue weighted by molar-refractivity contribution is 0.0731. The first-order valence-electron chi connectivity index (χ1n) is 6.70. The van der Waals surface area contributed by atoms with Gasteiger partial charge >= 0.3 is 0 Å². The third-order valence-corrected chi connectivity index (χ3v) is 3.64. The minimum atomic E-state index is -0.0308. The number of amides is 1. The Morgan fingerprint density at radius 1 is 1.38 bits per heavy atom. The fourth-order valence-corrected chi connectivity index (χ4v) is 2.49. The number of nitrogen functional groups attached to an aromatic ring is 1. The van der Waals surface area contributed by atoms with E-state index in [2.05, 4.69) is 9.97 Å². The molecule has 0 bridgehead atoms. The van der Waals surface area contributed by atoms with Crippen LogP contribution in [0.5, 0.6) is 5.75 Å². The number of carbonyl (C=O) groups is 1.